The van der Waals surface area contributed by atoms with E-state index >= 15 is 0 Å². The van der Waals surface area contributed by atoms with Crippen LogP contribution in [0.3, 0.4) is 0 Å². The van der Waals surface area contributed by atoms with Gasteiger partial charge in [0.25, 0.3) is 0 Å². The quantitative estimate of drug-likeness (QED) is 0.758. The van der Waals surface area contributed by atoms with Gasteiger partial charge in [0.15, 0.2) is 6.61 Å². The lowest BCUT2D eigenvalue weighted by atomic mass is 10.2. The van der Waals surface area contributed by atoms with E-state index in [9.17, 15) is 9.59 Å². The van der Waals surface area contributed by atoms with Crippen LogP contribution in [0.2, 0.25) is 5.02 Å². The second kappa shape index (κ2) is 6.64. The molecule has 0 unspecified atom stereocenters. The number of rotatable bonds is 5. The third-order valence-corrected chi connectivity index (χ3v) is 3.45. The number of ether oxygens (including phenoxy) is 2. The van der Waals surface area contributed by atoms with Crippen molar-refractivity contribution in [2.75, 3.05) is 6.61 Å². The number of halogens is 1. The van der Waals surface area contributed by atoms with E-state index in [1.54, 1.807) is 24.3 Å². The maximum Gasteiger partial charge on any atom is 0.341 e. The van der Waals surface area contributed by atoms with Gasteiger partial charge in [-0.3, -0.25) is 4.79 Å². The lowest BCUT2D eigenvalue weighted by Gasteiger charge is -2.08. The van der Waals surface area contributed by atoms with Crippen LogP contribution in [0.15, 0.2) is 57.9 Å². The fourth-order valence-corrected chi connectivity index (χ4v) is 2.22. The Morgan fingerprint density at radius 2 is 1.96 bits per heavy atom. The van der Waals surface area contributed by atoms with Gasteiger partial charge < -0.3 is 19.0 Å². The van der Waals surface area contributed by atoms with Crippen molar-refractivity contribution in [3.63, 3.8) is 0 Å². The molecule has 0 aliphatic carbocycles. The summed E-state index contributed by atoms with van der Waals surface area (Å²) in [5, 5.41) is 9.26. The first-order valence-corrected chi connectivity index (χ1v) is 7.25. The Labute approximate surface area is 140 Å². The van der Waals surface area contributed by atoms with Gasteiger partial charge in [0.1, 0.15) is 23.3 Å². The minimum absolute atomic E-state index is 0.00481. The molecule has 24 heavy (non-hydrogen) atoms. The molecular formula is C17H11ClO6. The van der Waals surface area contributed by atoms with E-state index in [0.29, 0.717) is 10.8 Å². The van der Waals surface area contributed by atoms with E-state index in [-0.39, 0.29) is 27.9 Å². The van der Waals surface area contributed by atoms with Crippen molar-refractivity contribution in [2.45, 2.75) is 0 Å². The van der Waals surface area contributed by atoms with Crippen LogP contribution in [0.25, 0.3) is 11.0 Å². The number of carboxylic acid groups (broad SMARTS) is 1. The molecule has 1 aromatic heterocycles. The molecule has 0 spiro atoms. The zero-order valence-corrected chi connectivity index (χ0v) is 12.9. The van der Waals surface area contributed by atoms with E-state index in [1.165, 1.54) is 24.5 Å². The number of carbonyl (C=O) groups is 1. The summed E-state index contributed by atoms with van der Waals surface area (Å²) in [5.74, 6) is -0.477. The molecule has 3 aromatic rings. The third kappa shape index (κ3) is 3.33. The van der Waals surface area contributed by atoms with Crippen molar-refractivity contribution in [1.82, 2.24) is 0 Å². The topological polar surface area (TPSA) is 86.0 Å². The summed E-state index contributed by atoms with van der Waals surface area (Å²) in [5.41, 5.74) is -0.115. The van der Waals surface area contributed by atoms with Gasteiger partial charge in [0, 0.05) is 6.07 Å². The summed E-state index contributed by atoms with van der Waals surface area (Å²) in [6, 6.07) is 11.2. The second-order valence-electron chi connectivity index (χ2n) is 4.80. The van der Waals surface area contributed by atoms with Crippen LogP contribution in [-0.2, 0) is 4.79 Å². The van der Waals surface area contributed by atoms with Crippen LogP contribution in [0, 0.1) is 0 Å². The van der Waals surface area contributed by atoms with Crippen LogP contribution in [0.5, 0.6) is 17.2 Å². The first kappa shape index (κ1) is 15.9. The molecule has 0 atom stereocenters. The van der Waals surface area contributed by atoms with Crippen LogP contribution in [0.1, 0.15) is 0 Å². The van der Waals surface area contributed by atoms with E-state index < -0.39 is 12.6 Å². The average molecular weight is 347 g/mol. The monoisotopic (exact) mass is 346 g/mol. The molecular weight excluding hydrogens is 336 g/mol. The minimum atomic E-state index is -1.10. The van der Waals surface area contributed by atoms with E-state index in [0.717, 1.165) is 0 Å². The maximum atomic E-state index is 12.5. The third-order valence-electron chi connectivity index (χ3n) is 3.13. The fraction of sp³-hybridized carbons (Fsp3) is 0.0588. The van der Waals surface area contributed by atoms with Crippen molar-refractivity contribution in [3.05, 3.63) is 64.0 Å². The molecule has 0 aliphatic heterocycles. The minimum Gasteiger partial charge on any atom is -0.482 e. The number of carboxylic acids is 1. The highest BCUT2D eigenvalue weighted by Crippen LogP contribution is 2.28. The van der Waals surface area contributed by atoms with Crippen LogP contribution < -0.4 is 14.9 Å². The lowest BCUT2D eigenvalue weighted by molar-refractivity contribution is -0.139. The molecule has 0 aliphatic rings. The smallest absolute Gasteiger partial charge is 0.341 e. The highest BCUT2D eigenvalue weighted by molar-refractivity contribution is 6.32. The molecule has 0 bridgehead atoms. The highest BCUT2D eigenvalue weighted by Gasteiger charge is 2.12. The van der Waals surface area contributed by atoms with E-state index in [1.807, 2.05) is 0 Å². The molecule has 0 saturated carbocycles. The van der Waals surface area contributed by atoms with Crippen molar-refractivity contribution in [1.29, 1.82) is 0 Å². The Morgan fingerprint density at radius 3 is 2.71 bits per heavy atom. The summed E-state index contributed by atoms with van der Waals surface area (Å²) >= 11 is 6.00. The summed E-state index contributed by atoms with van der Waals surface area (Å²) < 4.78 is 15.9. The Morgan fingerprint density at radius 1 is 1.17 bits per heavy atom. The van der Waals surface area contributed by atoms with E-state index in [4.69, 9.17) is 30.6 Å². The van der Waals surface area contributed by atoms with Crippen LogP contribution >= 0.6 is 11.6 Å². The van der Waals surface area contributed by atoms with Crippen LogP contribution in [0.4, 0.5) is 0 Å². The zero-order chi connectivity index (χ0) is 17.1. The lowest BCUT2D eigenvalue weighted by Crippen LogP contribution is -2.09. The number of para-hydroxylation sites is 1. The predicted molar refractivity (Wildman–Crippen MR) is 87.1 cm³/mol. The van der Waals surface area contributed by atoms with Gasteiger partial charge in [-0.25, -0.2) is 4.79 Å². The van der Waals surface area contributed by atoms with Gasteiger partial charge in [-0.05, 0) is 24.3 Å². The standard InChI is InChI=1S/C17H11ClO6/c18-12-3-1-2-4-13(12)24-15-8-23-14-7-10(22-9-16(19)20)5-6-11(14)17(15)21/h1-8H,9H2,(H,19,20). The Balaban J connectivity index is 1.93. The normalized spacial score (nSPS) is 10.5. The summed E-state index contributed by atoms with van der Waals surface area (Å²) in [6.45, 7) is -0.483. The predicted octanol–water partition coefficient (Wildman–Crippen LogP) is 3.70. The molecule has 1 heterocycles. The van der Waals surface area contributed by atoms with Gasteiger partial charge in [0.2, 0.25) is 11.2 Å². The Bertz CT molecular complexity index is 963. The molecule has 3 rings (SSSR count). The maximum absolute atomic E-state index is 12.5. The molecule has 1 N–H and O–H groups in total. The first-order valence-electron chi connectivity index (χ1n) is 6.87. The molecule has 6 nitrogen and oxygen atoms in total. The average Bonchev–Trinajstić information content (AvgIpc) is 2.57. The molecule has 0 amide bonds. The fourth-order valence-electron chi connectivity index (χ4n) is 2.04. The van der Waals surface area contributed by atoms with Crippen molar-refractivity contribution >= 4 is 28.5 Å². The van der Waals surface area contributed by atoms with E-state index in [2.05, 4.69) is 0 Å². The molecule has 0 radical (unpaired) electrons. The molecule has 122 valence electrons. The number of hydrogen-bond donors (Lipinski definition) is 1. The number of fused-ring (bicyclic) bond motifs is 1. The molecule has 0 fully saturated rings. The van der Waals surface area contributed by atoms with Crippen molar-refractivity contribution in [3.8, 4) is 17.2 Å². The van der Waals surface area contributed by atoms with Gasteiger partial charge in [-0.15, -0.1) is 0 Å². The zero-order valence-electron chi connectivity index (χ0n) is 12.2. The van der Waals surface area contributed by atoms with Gasteiger partial charge in [0.05, 0.1) is 10.4 Å². The van der Waals surface area contributed by atoms with Gasteiger partial charge >= 0.3 is 5.97 Å². The first-order chi connectivity index (χ1) is 11.5. The van der Waals surface area contributed by atoms with Crippen molar-refractivity contribution in [2.24, 2.45) is 0 Å². The van der Waals surface area contributed by atoms with Gasteiger partial charge in [-0.2, -0.15) is 0 Å². The molecule has 7 heteroatoms. The SMILES string of the molecule is O=C(O)COc1ccc2c(=O)c(Oc3ccccc3Cl)coc2c1. The highest BCUT2D eigenvalue weighted by atomic mass is 35.5. The van der Waals surface area contributed by atoms with Crippen LogP contribution in [-0.4, -0.2) is 17.7 Å². The summed E-state index contributed by atoms with van der Waals surface area (Å²) in [6.07, 6.45) is 1.18. The number of hydrogen-bond acceptors (Lipinski definition) is 5. The van der Waals surface area contributed by atoms with Gasteiger partial charge in [-0.1, -0.05) is 23.7 Å². The largest absolute Gasteiger partial charge is 0.482 e. The Kier molecular flexibility index (Phi) is 4.39. The summed E-state index contributed by atoms with van der Waals surface area (Å²) in [7, 11) is 0. The molecule has 0 saturated heterocycles. The molecule has 2 aromatic carbocycles. The summed E-state index contributed by atoms with van der Waals surface area (Å²) in [4.78, 5) is 23.0. The second-order valence-corrected chi connectivity index (χ2v) is 5.21. The van der Waals surface area contributed by atoms with Crippen molar-refractivity contribution < 1.29 is 23.8 Å². The number of benzene rings is 2. The number of aliphatic carboxylic acids is 1. The Hall–Kier alpha value is -2.99.